The lowest BCUT2D eigenvalue weighted by molar-refractivity contribution is 0.667. The highest BCUT2D eigenvalue weighted by molar-refractivity contribution is 6.01. The van der Waals surface area contributed by atoms with Crippen LogP contribution in [-0.4, -0.2) is 19.5 Å². The van der Waals surface area contributed by atoms with Crippen LogP contribution in [0.15, 0.2) is 133 Å². The number of hydrogen-bond donors (Lipinski definition) is 0. The van der Waals surface area contributed by atoms with Gasteiger partial charge in [0.25, 0.3) is 0 Å². The predicted octanol–water partition coefficient (Wildman–Crippen LogP) is 9.12. The molecule has 7 aromatic rings. The lowest BCUT2D eigenvalue weighted by atomic mass is 9.79. The molecule has 1 aliphatic carbocycles. The molecule has 8 rings (SSSR count). The van der Waals surface area contributed by atoms with Crippen LogP contribution in [0.25, 0.3) is 62.0 Å². The molecule has 5 aromatic carbocycles. The van der Waals surface area contributed by atoms with Gasteiger partial charge in [0.2, 0.25) is 0 Å². The number of rotatable bonds is 4. The smallest absolute Gasteiger partial charge is 0.164 e. The van der Waals surface area contributed by atoms with Gasteiger partial charge in [0.05, 0.1) is 11.2 Å². The van der Waals surface area contributed by atoms with Crippen LogP contribution >= 0.6 is 0 Å². The molecular weight excluding hydrogens is 512 g/mol. The van der Waals surface area contributed by atoms with Crippen LogP contribution in [0.1, 0.15) is 25.0 Å². The highest BCUT2D eigenvalue weighted by Crippen LogP contribution is 2.56. The van der Waals surface area contributed by atoms with Crippen molar-refractivity contribution in [3.63, 3.8) is 0 Å². The Bertz CT molecular complexity index is 2040. The van der Waals surface area contributed by atoms with Gasteiger partial charge >= 0.3 is 0 Å². The summed E-state index contributed by atoms with van der Waals surface area (Å²) in [6.07, 6.45) is 0. The Morgan fingerprint density at radius 2 is 1.00 bits per heavy atom. The van der Waals surface area contributed by atoms with Crippen LogP contribution in [0.2, 0.25) is 0 Å². The van der Waals surface area contributed by atoms with E-state index in [-0.39, 0.29) is 5.41 Å². The molecule has 0 unspecified atom stereocenters. The molecule has 0 N–H and O–H groups in total. The van der Waals surface area contributed by atoms with Crippen molar-refractivity contribution in [3.05, 3.63) is 145 Å². The number of benzene rings is 5. The van der Waals surface area contributed by atoms with Crippen LogP contribution in [0.4, 0.5) is 0 Å². The molecule has 0 atom stereocenters. The van der Waals surface area contributed by atoms with E-state index in [4.69, 9.17) is 15.0 Å². The molecule has 0 aliphatic heterocycles. The first kappa shape index (κ1) is 24.4. The van der Waals surface area contributed by atoms with E-state index >= 15 is 0 Å². The zero-order valence-electron chi connectivity index (χ0n) is 23.5. The van der Waals surface area contributed by atoms with E-state index in [0.717, 1.165) is 22.4 Å². The van der Waals surface area contributed by atoms with E-state index in [2.05, 4.69) is 115 Å². The average molecular weight is 541 g/mol. The molecule has 0 amide bonds. The second-order valence-corrected chi connectivity index (χ2v) is 11.3. The van der Waals surface area contributed by atoms with Crippen molar-refractivity contribution in [2.45, 2.75) is 19.3 Å². The highest BCUT2D eigenvalue weighted by Gasteiger charge is 2.42. The van der Waals surface area contributed by atoms with Gasteiger partial charge in [0, 0.05) is 38.7 Å². The van der Waals surface area contributed by atoms with E-state index in [1.54, 1.807) is 0 Å². The van der Waals surface area contributed by atoms with Gasteiger partial charge in [-0.1, -0.05) is 129 Å². The zero-order chi connectivity index (χ0) is 28.3. The first-order chi connectivity index (χ1) is 20.6. The Hall–Kier alpha value is -5.35. The highest BCUT2D eigenvalue weighted by atomic mass is 15.0. The summed E-state index contributed by atoms with van der Waals surface area (Å²) in [5.74, 6) is 2.03. The van der Waals surface area contributed by atoms with Crippen molar-refractivity contribution >= 4 is 10.9 Å². The van der Waals surface area contributed by atoms with E-state index < -0.39 is 0 Å². The molecule has 0 saturated carbocycles. The quantitative estimate of drug-likeness (QED) is 0.224. The summed E-state index contributed by atoms with van der Waals surface area (Å²) in [5, 5.41) is 1.27. The van der Waals surface area contributed by atoms with Crippen molar-refractivity contribution in [3.8, 4) is 51.1 Å². The Labute approximate surface area is 245 Å². The lowest BCUT2D eigenvalue weighted by Gasteiger charge is -2.24. The fraction of sp³-hybridized carbons (Fsp3) is 0.0789. The Morgan fingerprint density at radius 1 is 0.476 bits per heavy atom. The third kappa shape index (κ3) is 3.65. The van der Waals surface area contributed by atoms with Gasteiger partial charge in [-0.2, -0.15) is 0 Å². The zero-order valence-corrected chi connectivity index (χ0v) is 23.5. The number of hydrogen-bond acceptors (Lipinski definition) is 3. The van der Waals surface area contributed by atoms with E-state index in [9.17, 15) is 0 Å². The minimum absolute atomic E-state index is 0.284. The number of aromatic nitrogens is 4. The van der Waals surface area contributed by atoms with Gasteiger partial charge in [-0.15, -0.1) is 0 Å². The summed E-state index contributed by atoms with van der Waals surface area (Å²) in [7, 11) is 0. The third-order valence-corrected chi connectivity index (χ3v) is 8.40. The molecule has 200 valence electrons. The number of nitrogens with zero attached hydrogens (tertiary/aromatic N) is 4. The SMILES string of the molecule is CC1(C)c2c(-c3nc(-c4ccccc4)nc(-c4ccccc4)n3)cccc2-c2c1c1ccccc1n2-c1ccccc1. The van der Waals surface area contributed by atoms with Crippen LogP contribution in [0, 0.1) is 0 Å². The van der Waals surface area contributed by atoms with E-state index in [1.807, 2.05) is 36.4 Å². The summed E-state index contributed by atoms with van der Waals surface area (Å²) < 4.78 is 2.42. The summed E-state index contributed by atoms with van der Waals surface area (Å²) in [5.41, 5.74) is 10.1. The van der Waals surface area contributed by atoms with Crippen molar-refractivity contribution in [1.82, 2.24) is 19.5 Å². The van der Waals surface area contributed by atoms with Crippen LogP contribution in [0.3, 0.4) is 0 Å². The van der Waals surface area contributed by atoms with E-state index in [1.165, 1.54) is 33.3 Å². The van der Waals surface area contributed by atoms with Crippen molar-refractivity contribution < 1.29 is 0 Å². The molecule has 0 saturated heterocycles. The maximum atomic E-state index is 5.10. The summed E-state index contributed by atoms with van der Waals surface area (Å²) in [6.45, 7) is 4.67. The number of para-hydroxylation sites is 2. The molecule has 4 heteroatoms. The lowest BCUT2D eigenvalue weighted by Crippen LogP contribution is -2.17. The first-order valence-corrected chi connectivity index (χ1v) is 14.3. The average Bonchev–Trinajstić information content (AvgIpc) is 3.52. The van der Waals surface area contributed by atoms with Gasteiger partial charge in [-0.25, -0.2) is 15.0 Å². The molecule has 2 heterocycles. The second kappa shape index (κ2) is 9.35. The Morgan fingerprint density at radius 3 is 1.64 bits per heavy atom. The van der Waals surface area contributed by atoms with Crippen molar-refractivity contribution in [2.75, 3.05) is 0 Å². The molecule has 0 bridgehead atoms. The van der Waals surface area contributed by atoms with Crippen LogP contribution < -0.4 is 0 Å². The second-order valence-electron chi connectivity index (χ2n) is 11.3. The van der Waals surface area contributed by atoms with Crippen molar-refractivity contribution in [1.29, 1.82) is 0 Å². The fourth-order valence-corrected chi connectivity index (χ4v) is 6.64. The minimum atomic E-state index is -0.284. The first-order valence-electron chi connectivity index (χ1n) is 14.3. The predicted molar refractivity (Wildman–Crippen MR) is 171 cm³/mol. The maximum Gasteiger partial charge on any atom is 0.164 e. The van der Waals surface area contributed by atoms with Gasteiger partial charge < -0.3 is 4.57 Å². The molecule has 42 heavy (non-hydrogen) atoms. The third-order valence-electron chi connectivity index (χ3n) is 8.40. The van der Waals surface area contributed by atoms with Gasteiger partial charge in [0.15, 0.2) is 17.5 Å². The summed E-state index contributed by atoms with van der Waals surface area (Å²) >= 11 is 0. The van der Waals surface area contributed by atoms with Gasteiger partial charge in [-0.05, 0) is 29.3 Å². The monoisotopic (exact) mass is 540 g/mol. The summed E-state index contributed by atoms with van der Waals surface area (Å²) in [4.78, 5) is 15.1. The topological polar surface area (TPSA) is 43.6 Å². The Balaban J connectivity index is 1.42. The largest absolute Gasteiger partial charge is 0.309 e. The molecular formula is C38H28N4. The fourth-order valence-electron chi connectivity index (χ4n) is 6.64. The van der Waals surface area contributed by atoms with Gasteiger partial charge in [0.1, 0.15) is 0 Å². The van der Waals surface area contributed by atoms with Gasteiger partial charge in [-0.3, -0.25) is 0 Å². The Kier molecular flexibility index (Phi) is 5.44. The molecule has 2 aromatic heterocycles. The van der Waals surface area contributed by atoms with Crippen molar-refractivity contribution in [2.24, 2.45) is 0 Å². The minimum Gasteiger partial charge on any atom is -0.309 e. The maximum absolute atomic E-state index is 5.10. The molecule has 1 aliphatic rings. The number of fused-ring (bicyclic) bond motifs is 5. The standard InChI is InChI=1S/C38H28N4/c1-38(2)32-29(34-33(38)28-21-12-13-24-31(28)42(34)27-19-10-5-11-20-27)22-14-23-30(32)37-40-35(25-15-6-3-7-16-25)39-36(41-37)26-17-8-4-9-18-26/h3-24H,1-2H3. The van der Waals surface area contributed by atoms with E-state index in [0.29, 0.717) is 17.5 Å². The molecule has 4 nitrogen and oxygen atoms in total. The molecule has 0 radical (unpaired) electrons. The molecule has 0 fully saturated rings. The van der Waals surface area contributed by atoms with Crippen LogP contribution in [0.5, 0.6) is 0 Å². The van der Waals surface area contributed by atoms with Crippen LogP contribution in [-0.2, 0) is 5.41 Å². The molecule has 0 spiro atoms. The normalized spacial score (nSPS) is 13.2. The summed E-state index contributed by atoms with van der Waals surface area (Å²) in [6, 6.07) is 46.3.